The molecule has 0 aliphatic rings. The van der Waals surface area contributed by atoms with Crippen LogP contribution in [0.15, 0.2) is 9.98 Å². The van der Waals surface area contributed by atoms with Gasteiger partial charge in [-0.05, 0) is 26.7 Å². The number of amidine groups is 2. The van der Waals surface area contributed by atoms with E-state index in [-0.39, 0.29) is 24.8 Å². The van der Waals surface area contributed by atoms with Crippen molar-refractivity contribution in [2.75, 3.05) is 13.1 Å². The lowest BCUT2D eigenvalue weighted by atomic mass is 10.1. The summed E-state index contributed by atoms with van der Waals surface area (Å²) >= 11 is 0. The summed E-state index contributed by atoms with van der Waals surface area (Å²) in [5.74, 6) is 1.41. The van der Waals surface area contributed by atoms with Crippen LogP contribution in [0.1, 0.15) is 78.1 Å². The fourth-order valence-corrected chi connectivity index (χ4v) is 2.15. The predicted molar refractivity (Wildman–Crippen MR) is 105 cm³/mol. The second-order valence-electron chi connectivity index (χ2n) is 5.58. The molecule has 0 rings (SSSR count). The molecule has 0 bridgehead atoms. The molecule has 0 saturated carbocycles. The molecule has 0 aliphatic heterocycles. The van der Waals surface area contributed by atoms with Gasteiger partial charge in [0.1, 0.15) is 0 Å². The number of rotatable bonds is 13. The Morgan fingerprint density at radius 3 is 1.00 bits per heavy atom. The summed E-state index contributed by atoms with van der Waals surface area (Å²) in [5, 5.41) is 0. The van der Waals surface area contributed by atoms with Crippen molar-refractivity contribution in [1.82, 2.24) is 0 Å². The van der Waals surface area contributed by atoms with E-state index in [0.29, 0.717) is 11.7 Å². The SMILES string of the molecule is CC(N)=NCCCCCCCCCCCCN=C(C)N.Cl.Cl. The van der Waals surface area contributed by atoms with E-state index in [0.717, 1.165) is 13.1 Å². The first kappa shape index (κ1) is 26.4. The third-order valence-electron chi connectivity index (χ3n) is 3.29. The first-order valence-corrected chi connectivity index (χ1v) is 8.16. The van der Waals surface area contributed by atoms with Gasteiger partial charge in [0, 0.05) is 13.1 Å². The topological polar surface area (TPSA) is 76.8 Å². The molecule has 0 radical (unpaired) electrons. The van der Waals surface area contributed by atoms with Crippen molar-refractivity contribution in [2.45, 2.75) is 78.1 Å². The van der Waals surface area contributed by atoms with Crippen LogP contribution in [0.25, 0.3) is 0 Å². The zero-order chi connectivity index (χ0) is 15.1. The van der Waals surface area contributed by atoms with Gasteiger partial charge in [0.15, 0.2) is 0 Å². The Balaban J connectivity index is -0.00000180. The summed E-state index contributed by atoms with van der Waals surface area (Å²) in [7, 11) is 0. The van der Waals surface area contributed by atoms with Gasteiger partial charge >= 0.3 is 0 Å². The molecule has 4 N–H and O–H groups in total. The van der Waals surface area contributed by atoms with Gasteiger partial charge in [-0.3, -0.25) is 9.98 Å². The molecule has 0 amide bonds. The molecule has 0 saturated heterocycles. The summed E-state index contributed by atoms with van der Waals surface area (Å²) in [4.78, 5) is 8.39. The van der Waals surface area contributed by atoms with Crippen molar-refractivity contribution < 1.29 is 0 Å². The first-order chi connectivity index (χ1) is 9.63. The highest BCUT2D eigenvalue weighted by molar-refractivity contribution is 5.85. The van der Waals surface area contributed by atoms with Gasteiger partial charge in [-0.25, -0.2) is 0 Å². The zero-order valence-corrected chi connectivity index (χ0v) is 16.0. The number of unbranched alkanes of at least 4 members (excludes halogenated alkanes) is 9. The fourth-order valence-electron chi connectivity index (χ4n) is 2.15. The van der Waals surface area contributed by atoms with Crippen LogP contribution in [0.3, 0.4) is 0 Å². The highest BCUT2D eigenvalue weighted by atomic mass is 35.5. The molecule has 0 spiro atoms. The molecule has 0 aromatic heterocycles. The molecule has 0 atom stereocenters. The lowest BCUT2D eigenvalue weighted by Gasteiger charge is -2.02. The van der Waals surface area contributed by atoms with Crippen LogP contribution in [0, 0.1) is 0 Å². The van der Waals surface area contributed by atoms with Crippen LogP contribution in [0.5, 0.6) is 0 Å². The average molecular weight is 355 g/mol. The molecule has 0 fully saturated rings. The zero-order valence-electron chi connectivity index (χ0n) is 14.4. The van der Waals surface area contributed by atoms with E-state index in [9.17, 15) is 0 Å². The van der Waals surface area contributed by atoms with E-state index in [1.165, 1.54) is 64.2 Å². The van der Waals surface area contributed by atoms with Gasteiger partial charge < -0.3 is 11.5 Å². The van der Waals surface area contributed by atoms with Crippen LogP contribution < -0.4 is 11.5 Å². The number of hydrogen-bond donors (Lipinski definition) is 2. The van der Waals surface area contributed by atoms with Crippen LogP contribution in [0.2, 0.25) is 0 Å². The molecule has 22 heavy (non-hydrogen) atoms. The molecule has 0 aliphatic carbocycles. The summed E-state index contributed by atoms with van der Waals surface area (Å²) < 4.78 is 0. The quantitative estimate of drug-likeness (QED) is 0.290. The van der Waals surface area contributed by atoms with Crippen molar-refractivity contribution in [3.05, 3.63) is 0 Å². The second-order valence-corrected chi connectivity index (χ2v) is 5.58. The number of nitrogens with zero attached hydrogens (tertiary/aromatic N) is 2. The molecular weight excluding hydrogens is 319 g/mol. The lowest BCUT2D eigenvalue weighted by Crippen LogP contribution is -2.05. The van der Waals surface area contributed by atoms with Gasteiger partial charge in [-0.2, -0.15) is 0 Å². The van der Waals surface area contributed by atoms with Crippen molar-refractivity contribution in [3.8, 4) is 0 Å². The van der Waals surface area contributed by atoms with Crippen molar-refractivity contribution >= 4 is 36.5 Å². The summed E-state index contributed by atoms with van der Waals surface area (Å²) in [6.45, 7) is 5.49. The molecule has 4 nitrogen and oxygen atoms in total. The predicted octanol–water partition coefficient (Wildman–Crippen LogP) is 4.49. The maximum atomic E-state index is 5.48. The molecule has 0 unspecified atom stereocenters. The monoisotopic (exact) mass is 354 g/mol. The van der Waals surface area contributed by atoms with Crippen LogP contribution in [0.4, 0.5) is 0 Å². The first-order valence-electron chi connectivity index (χ1n) is 8.16. The summed E-state index contributed by atoms with van der Waals surface area (Å²) in [5.41, 5.74) is 11.0. The maximum absolute atomic E-state index is 5.48. The maximum Gasteiger partial charge on any atom is 0.0905 e. The molecule has 0 heterocycles. The van der Waals surface area contributed by atoms with Crippen molar-refractivity contribution in [2.24, 2.45) is 21.5 Å². The number of hydrogen-bond acceptors (Lipinski definition) is 2. The minimum Gasteiger partial charge on any atom is -0.388 e. The van der Waals surface area contributed by atoms with Crippen molar-refractivity contribution in [1.29, 1.82) is 0 Å². The normalized spacial score (nSPS) is 11.7. The Hall–Kier alpha value is -0.480. The van der Waals surface area contributed by atoms with E-state index in [1.54, 1.807) is 0 Å². The minimum atomic E-state index is 0. The van der Waals surface area contributed by atoms with Gasteiger partial charge in [-0.1, -0.05) is 51.4 Å². The fraction of sp³-hybridized carbons (Fsp3) is 0.875. The average Bonchev–Trinajstić information content (AvgIpc) is 2.38. The Morgan fingerprint density at radius 1 is 0.545 bits per heavy atom. The highest BCUT2D eigenvalue weighted by Crippen LogP contribution is 2.10. The van der Waals surface area contributed by atoms with Crippen LogP contribution in [-0.2, 0) is 0 Å². The van der Waals surface area contributed by atoms with E-state index in [1.807, 2.05) is 13.8 Å². The van der Waals surface area contributed by atoms with Gasteiger partial charge in [0.2, 0.25) is 0 Å². The molecular formula is C16H36Cl2N4. The van der Waals surface area contributed by atoms with Crippen LogP contribution >= 0.6 is 24.8 Å². The van der Waals surface area contributed by atoms with E-state index >= 15 is 0 Å². The highest BCUT2D eigenvalue weighted by Gasteiger charge is 1.93. The third kappa shape index (κ3) is 24.5. The van der Waals surface area contributed by atoms with Crippen molar-refractivity contribution in [3.63, 3.8) is 0 Å². The largest absolute Gasteiger partial charge is 0.388 e. The Labute approximate surface area is 149 Å². The van der Waals surface area contributed by atoms with Crippen LogP contribution in [-0.4, -0.2) is 24.8 Å². The number of halogens is 2. The molecule has 134 valence electrons. The van der Waals surface area contributed by atoms with Gasteiger partial charge in [0.05, 0.1) is 11.7 Å². The Kier molecular flexibility index (Phi) is 24.6. The smallest absolute Gasteiger partial charge is 0.0905 e. The Morgan fingerprint density at radius 2 is 0.773 bits per heavy atom. The molecule has 0 aromatic carbocycles. The number of aliphatic imine (C=N–C) groups is 2. The lowest BCUT2D eigenvalue weighted by molar-refractivity contribution is 0.554. The Bertz CT molecular complexity index is 245. The number of nitrogens with two attached hydrogens (primary N) is 2. The molecule has 6 heteroatoms. The van der Waals surface area contributed by atoms with Gasteiger partial charge in [0.25, 0.3) is 0 Å². The minimum absolute atomic E-state index is 0. The van der Waals surface area contributed by atoms with E-state index in [4.69, 9.17) is 11.5 Å². The standard InChI is InChI=1S/C16H34N4.2ClH/c1-15(17)19-13-11-9-7-5-3-4-6-8-10-12-14-20-16(2)18;;/h3-14H2,1-2H3,(H2,17,19)(H2,18,20);2*1H. The second kappa shape index (κ2) is 20.5. The summed E-state index contributed by atoms with van der Waals surface area (Å²) in [6, 6.07) is 0. The van der Waals surface area contributed by atoms with E-state index in [2.05, 4.69) is 9.98 Å². The third-order valence-corrected chi connectivity index (χ3v) is 3.29. The summed E-state index contributed by atoms with van der Waals surface area (Å²) in [6.07, 6.45) is 13.1. The van der Waals surface area contributed by atoms with E-state index < -0.39 is 0 Å². The van der Waals surface area contributed by atoms with Gasteiger partial charge in [-0.15, -0.1) is 24.8 Å². The molecule has 0 aromatic rings.